The zero-order chi connectivity index (χ0) is 21.8. The fraction of sp³-hybridized carbons (Fsp3) is 0.263. The Balaban J connectivity index is 1.41. The maximum absolute atomic E-state index is 13.1. The number of para-hydroxylation sites is 1. The van der Waals surface area contributed by atoms with Gasteiger partial charge < -0.3 is 15.5 Å². The number of rotatable bonds is 4. The molecule has 1 fully saturated rings. The van der Waals surface area contributed by atoms with Crippen LogP contribution >= 0.6 is 11.8 Å². The highest BCUT2D eigenvalue weighted by Gasteiger charge is 2.33. The van der Waals surface area contributed by atoms with Gasteiger partial charge in [0.2, 0.25) is 0 Å². The molecule has 3 aromatic rings. The Morgan fingerprint density at radius 1 is 1.03 bits per heavy atom. The highest BCUT2D eigenvalue weighted by molar-refractivity contribution is 7.99. The average molecular weight is 449 g/mol. The summed E-state index contributed by atoms with van der Waals surface area (Å²) in [6.07, 6.45) is 1.68. The van der Waals surface area contributed by atoms with Crippen molar-refractivity contribution in [3.63, 3.8) is 0 Å². The van der Waals surface area contributed by atoms with Crippen LogP contribution in [-0.2, 0) is 6.18 Å². The van der Waals surface area contributed by atoms with E-state index in [9.17, 15) is 18.0 Å². The SMILES string of the molecule is O=C(Nc1cnn(-c2ncc(N3CCSCC3)cn2)c1)Nc1ccccc1C(F)(F)F. The molecule has 0 saturated carbocycles. The third-order valence-electron chi connectivity index (χ3n) is 4.53. The lowest BCUT2D eigenvalue weighted by atomic mass is 10.1. The summed E-state index contributed by atoms with van der Waals surface area (Å²) in [5.74, 6) is 2.43. The minimum atomic E-state index is -4.58. The molecule has 1 saturated heterocycles. The van der Waals surface area contributed by atoms with Gasteiger partial charge in [-0.25, -0.2) is 19.4 Å². The van der Waals surface area contributed by atoms with Gasteiger partial charge in [0, 0.05) is 24.6 Å². The number of halogens is 3. The summed E-state index contributed by atoms with van der Waals surface area (Å²) in [5.41, 5.74) is -0.0588. The molecule has 0 atom stereocenters. The number of urea groups is 1. The molecule has 0 bridgehead atoms. The fourth-order valence-electron chi connectivity index (χ4n) is 3.04. The monoisotopic (exact) mass is 449 g/mol. The van der Waals surface area contributed by atoms with E-state index in [0.717, 1.165) is 36.3 Å². The molecule has 0 spiro atoms. The first-order valence-electron chi connectivity index (χ1n) is 9.34. The van der Waals surface area contributed by atoms with Crippen molar-refractivity contribution >= 4 is 34.9 Å². The Morgan fingerprint density at radius 3 is 2.45 bits per heavy atom. The van der Waals surface area contributed by atoms with E-state index in [1.54, 1.807) is 12.4 Å². The van der Waals surface area contributed by atoms with Crippen LogP contribution in [0, 0.1) is 0 Å². The van der Waals surface area contributed by atoms with E-state index in [1.165, 1.54) is 35.3 Å². The molecular formula is C19H18F3N7OS. The second kappa shape index (κ2) is 8.84. The van der Waals surface area contributed by atoms with Gasteiger partial charge in [0.15, 0.2) is 0 Å². The Morgan fingerprint density at radius 2 is 1.74 bits per heavy atom. The van der Waals surface area contributed by atoms with Crippen LogP contribution in [0.25, 0.3) is 5.95 Å². The number of nitrogens with one attached hydrogen (secondary N) is 2. The summed E-state index contributed by atoms with van der Waals surface area (Å²) >= 11 is 1.91. The molecule has 0 aliphatic carbocycles. The molecule has 4 rings (SSSR count). The number of carbonyl (C=O) groups excluding carboxylic acids is 1. The van der Waals surface area contributed by atoms with E-state index < -0.39 is 17.8 Å². The maximum atomic E-state index is 13.1. The standard InChI is InChI=1S/C19H18F3N7OS/c20-19(21,22)15-3-1-2-4-16(15)27-18(30)26-13-9-25-29(12-13)17-23-10-14(11-24-17)28-5-7-31-8-6-28/h1-4,9-12H,5-8H2,(H2,26,27,30). The van der Waals surface area contributed by atoms with Crippen LogP contribution in [0.15, 0.2) is 49.1 Å². The van der Waals surface area contributed by atoms with Crippen LogP contribution in [0.1, 0.15) is 5.56 Å². The number of alkyl halides is 3. The molecule has 3 heterocycles. The van der Waals surface area contributed by atoms with Crippen molar-refractivity contribution in [2.45, 2.75) is 6.18 Å². The van der Waals surface area contributed by atoms with E-state index in [4.69, 9.17) is 0 Å². The lowest BCUT2D eigenvalue weighted by Gasteiger charge is -2.27. The molecule has 31 heavy (non-hydrogen) atoms. The van der Waals surface area contributed by atoms with E-state index in [2.05, 4.69) is 30.6 Å². The van der Waals surface area contributed by atoms with Gasteiger partial charge in [0.1, 0.15) is 0 Å². The Hall–Kier alpha value is -3.28. The molecule has 2 aromatic heterocycles. The number of amides is 2. The summed E-state index contributed by atoms with van der Waals surface area (Å²) in [6.45, 7) is 1.88. The molecular weight excluding hydrogens is 431 g/mol. The molecule has 2 N–H and O–H groups in total. The van der Waals surface area contributed by atoms with Crippen LogP contribution in [-0.4, -0.2) is 50.4 Å². The molecule has 2 amide bonds. The number of carbonyl (C=O) groups is 1. The Kier molecular flexibility index (Phi) is 5.98. The van der Waals surface area contributed by atoms with Gasteiger partial charge in [0.25, 0.3) is 5.95 Å². The number of benzene rings is 1. The van der Waals surface area contributed by atoms with Gasteiger partial charge in [-0.2, -0.15) is 30.0 Å². The quantitative estimate of drug-likeness (QED) is 0.629. The van der Waals surface area contributed by atoms with Gasteiger partial charge in [-0.05, 0) is 12.1 Å². The smallest absolute Gasteiger partial charge is 0.367 e. The van der Waals surface area contributed by atoms with Crippen molar-refractivity contribution in [2.75, 3.05) is 40.1 Å². The van der Waals surface area contributed by atoms with Crippen molar-refractivity contribution in [1.82, 2.24) is 19.7 Å². The van der Waals surface area contributed by atoms with Gasteiger partial charge in [-0.3, -0.25) is 0 Å². The predicted octanol–water partition coefficient (Wildman–Crippen LogP) is 3.88. The van der Waals surface area contributed by atoms with Crippen LogP contribution in [0.4, 0.5) is 35.0 Å². The van der Waals surface area contributed by atoms with Crippen molar-refractivity contribution in [2.24, 2.45) is 0 Å². The number of aromatic nitrogens is 4. The van der Waals surface area contributed by atoms with Crippen molar-refractivity contribution in [3.05, 3.63) is 54.6 Å². The summed E-state index contributed by atoms with van der Waals surface area (Å²) in [4.78, 5) is 23.0. The molecule has 1 aliphatic rings. The largest absolute Gasteiger partial charge is 0.418 e. The van der Waals surface area contributed by atoms with Crippen LogP contribution in [0.2, 0.25) is 0 Å². The first kappa shape index (κ1) is 21.0. The number of nitrogens with zero attached hydrogens (tertiary/aromatic N) is 5. The molecule has 162 valence electrons. The van der Waals surface area contributed by atoms with Crippen LogP contribution < -0.4 is 15.5 Å². The molecule has 0 radical (unpaired) electrons. The minimum Gasteiger partial charge on any atom is -0.367 e. The molecule has 12 heteroatoms. The normalized spacial score (nSPS) is 14.4. The molecule has 8 nitrogen and oxygen atoms in total. The Labute approximate surface area is 179 Å². The highest BCUT2D eigenvalue weighted by atomic mass is 32.2. The zero-order valence-corrected chi connectivity index (χ0v) is 17.0. The fourth-order valence-corrected chi connectivity index (χ4v) is 3.94. The first-order valence-corrected chi connectivity index (χ1v) is 10.5. The average Bonchev–Trinajstić information content (AvgIpc) is 3.22. The third kappa shape index (κ3) is 5.08. The summed E-state index contributed by atoms with van der Waals surface area (Å²) in [7, 11) is 0. The molecule has 0 unspecified atom stereocenters. The number of hydrogen-bond acceptors (Lipinski definition) is 6. The zero-order valence-electron chi connectivity index (χ0n) is 16.1. The second-order valence-electron chi connectivity index (χ2n) is 6.64. The van der Waals surface area contributed by atoms with Crippen molar-refractivity contribution in [1.29, 1.82) is 0 Å². The van der Waals surface area contributed by atoms with E-state index in [1.807, 2.05) is 11.8 Å². The number of hydrogen-bond donors (Lipinski definition) is 2. The Bertz CT molecular complexity index is 1050. The summed E-state index contributed by atoms with van der Waals surface area (Å²) in [5, 5.41) is 8.77. The summed E-state index contributed by atoms with van der Waals surface area (Å²) in [6, 6.07) is 3.92. The topological polar surface area (TPSA) is 88.0 Å². The van der Waals surface area contributed by atoms with Gasteiger partial charge in [0.05, 0.1) is 47.4 Å². The first-order chi connectivity index (χ1) is 14.9. The number of thioether (sulfide) groups is 1. The molecule has 1 aliphatic heterocycles. The highest BCUT2D eigenvalue weighted by Crippen LogP contribution is 2.34. The van der Waals surface area contributed by atoms with E-state index in [-0.39, 0.29) is 11.4 Å². The maximum Gasteiger partial charge on any atom is 0.418 e. The van der Waals surface area contributed by atoms with Crippen molar-refractivity contribution < 1.29 is 18.0 Å². The van der Waals surface area contributed by atoms with Crippen LogP contribution in [0.3, 0.4) is 0 Å². The predicted molar refractivity (Wildman–Crippen MR) is 113 cm³/mol. The molecule has 1 aromatic carbocycles. The van der Waals surface area contributed by atoms with Crippen molar-refractivity contribution in [3.8, 4) is 5.95 Å². The second-order valence-corrected chi connectivity index (χ2v) is 7.86. The third-order valence-corrected chi connectivity index (χ3v) is 5.47. The minimum absolute atomic E-state index is 0.280. The van der Waals surface area contributed by atoms with Crippen LogP contribution in [0.5, 0.6) is 0 Å². The lowest BCUT2D eigenvalue weighted by molar-refractivity contribution is -0.136. The summed E-state index contributed by atoms with van der Waals surface area (Å²) < 4.78 is 40.6. The van der Waals surface area contributed by atoms with Gasteiger partial charge in [-0.1, -0.05) is 12.1 Å². The van der Waals surface area contributed by atoms with E-state index >= 15 is 0 Å². The lowest BCUT2D eigenvalue weighted by Crippen LogP contribution is -2.32. The van der Waals surface area contributed by atoms with Gasteiger partial charge >= 0.3 is 12.2 Å². The van der Waals surface area contributed by atoms with Gasteiger partial charge in [-0.15, -0.1) is 0 Å². The van der Waals surface area contributed by atoms with E-state index in [0.29, 0.717) is 5.95 Å². The number of anilines is 3.